The minimum absolute atomic E-state index is 0.188. The molecule has 0 atom stereocenters. The monoisotopic (exact) mass is 289 g/mol. The first-order valence-electron chi connectivity index (χ1n) is 6.50. The molecule has 0 unspecified atom stereocenters. The second kappa shape index (κ2) is 5.60. The maximum absolute atomic E-state index is 11.7. The lowest BCUT2D eigenvalue weighted by molar-refractivity contribution is -0.115. The summed E-state index contributed by atoms with van der Waals surface area (Å²) in [6.07, 6.45) is 1.83. The van der Waals surface area contributed by atoms with Gasteiger partial charge in [-0.05, 0) is 24.4 Å². The van der Waals surface area contributed by atoms with Crippen LogP contribution in [0.4, 0.5) is 5.69 Å². The van der Waals surface area contributed by atoms with E-state index in [0.717, 1.165) is 37.6 Å². The predicted octanol–water partition coefficient (Wildman–Crippen LogP) is 0.868. The molecule has 1 aromatic rings. The Labute approximate surface area is 122 Å². The van der Waals surface area contributed by atoms with Crippen molar-refractivity contribution in [2.75, 3.05) is 31.2 Å². The highest BCUT2D eigenvalue weighted by atomic mass is 32.1. The highest BCUT2D eigenvalue weighted by Gasteiger charge is 2.21. The zero-order valence-electron chi connectivity index (χ0n) is 10.9. The van der Waals surface area contributed by atoms with E-state index >= 15 is 0 Å². The third-order valence-corrected chi connectivity index (χ3v) is 3.51. The number of hydrogen-bond donors (Lipinski definition) is 2. The fraction of sp³-hybridized carbons (Fsp3) is 0.286. The fourth-order valence-electron chi connectivity index (χ4n) is 2.34. The lowest BCUT2D eigenvalue weighted by atomic mass is 10.1. The Balaban J connectivity index is 1.91. The molecule has 2 fully saturated rings. The molecular weight excluding hydrogens is 274 g/mol. The summed E-state index contributed by atoms with van der Waals surface area (Å²) in [5.74, 6) is -0.188. The first-order valence-corrected chi connectivity index (χ1v) is 6.90. The predicted molar refractivity (Wildman–Crippen MR) is 81.3 cm³/mol. The zero-order chi connectivity index (χ0) is 13.9. The molecule has 1 aromatic carbocycles. The van der Waals surface area contributed by atoms with E-state index in [1.54, 1.807) is 0 Å². The Bertz CT molecular complexity index is 580. The summed E-state index contributed by atoms with van der Waals surface area (Å²) < 4.78 is 5.37. The number of para-hydroxylation sites is 1. The van der Waals surface area contributed by atoms with E-state index in [1.807, 2.05) is 24.3 Å². The summed E-state index contributed by atoms with van der Waals surface area (Å²) >= 11 is 4.94. The molecule has 0 spiro atoms. The molecule has 0 saturated carbocycles. The molecule has 2 saturated heterocycles. The molecular formula is C14H15N3O2S. The number of nitrogens with one attached hydrogen (secondary N) is 2. The van der Waals surface area contributed by atoms with E-state index in [1.165, 1.54) is 0 Å². The maximum atomic E-state index is 11.7. The number of thiocarbonyl (C=S) groups is 1. The van der Waals surface area contributed by atoms with Crippen molar-refractivity contribution in [3.8, 4) is 0 Å². The van der Waals surface area contributed by atoms with E-state index in [4.69, 9.17) is 17.0 Å². The third-order valence-electron chi connectivity index (χ3n) is 3.31. The van der Waals surface area contributed by atoms with Crippen molar-refractivity contribution in [3.63, 3.8) is 0 Å². The van der Waals surface area contributed by atoms with Gasteiger partial charge in [-0.15, -0.1) is 0 Å². The SMILES string of the molecule is O=C1NC(=S)N/C1=C/c1ccccc1N1CCOCC1. The summed E-state index contributed by atoms with van der Waals surface area (Å²) in [5, 5.41) is 5.79. The quantitative estimate of drug-likeness (QED) is 0.625. The van der Waals surface area contributed by atoms with Gasteiger partial charge >= 0.3 is 0 Å². The van der Waals surface area contributed by atoms with Gasteiger partial charge in [-0.25, -0.2) is 0 Å². The van der Waals surface area contributed by atoms with Crippen LogP contribution in [0, 0.1) is 0 Å². The molecule has 5 nitrogen and oxygen atoms in total. The van der Waals surface area contributed by atoms with Gasteiger partial charge < -0.3 is 15.0 Å². The molecule has 1 amide bonds. The highest BCUT2D eigenvalue weighted by molar-refractivity contribution is 7.80. The molecule has 2 aliphatic heterocycles. The van der Waals surface area contributed by atoms with Crippen molar-refractivity contribution in [3.05, 3.63) is 35.5 Å². The third kappa shape index (κ3) is 2.66. The Morgan fingerprint density at radius 1 is 1.20 bits per heavy atom. The molecule has 0 aliphatic carbocycles. The number of nitrogens with zero attached hydrogens (tertiary/aromatic N) is 1. The van der Waals surface area contributed by atoms with Gasteiger partial charge in [-0.2, -0.15) is 0 Å². The number of amides is 1. The molecule has 104 valence electrons. The lowest BCUT2D eigenvalue weighted by Gasteiger charge is -2.30. The summed E-state index contributed by atoms with van der Waals surface area (Å²) in [4.78, 5) is 14.0. The fourth-order valence-corrected chi connectivity index (χ4v) is 2.54. The van der Waals surface area contributed by atoms with E-state index in [2.05, 4.69) is 21.6 Å². The molecule has 2 N–H and O–H groups in total. The minimum Gasteiger partial charge on any atom is -0.378 e. The number of anilines is 1. The zero-order valence-corrected chi connectivity index (χ0v) is 11.7. The number of ether oxygens (including phenoxy) is 1. The molecule has 6 heteroatoms. The van der Waals surface area contributed by atoms with Crippen LogP contribution in [0.25, 0.3) is 6.08 Å². The largest absolute Gasteiger partial charge is 0.378 e. The summed E-state index contributed by atoms with van der Waals surface area (Å²) in [7, 11) is 0. The average molecular weight is 289 g/mol. The van der Waals surface area contributed by atoms with E-state index < -0.39 is 0 Å². The standard InChI is InChI=1S/C14H15N3O2S/c18-13-11(15-14(20)16-13)9-10-3-1-2-4-12(10)17-5-7-19-8-6-17/h1-4,9H,5-8H2,(H2,15,16,18,20)/b11-9+. The van der Waals surface area contributed by atoms with Gasteiger partial charge in [0.2, 0.25) is 0 Å². The number of morpholine rings is 1. The van der Waals surface area contributed by atoms with Crippen molar-refractivity contribution in [2.24, 2.45) is 0 Å². The summed E-state index contributed by atoms with van der Waals surface area (Å²) in [6.45, 7) is 3.18. The van der Waals surface area contributed by atoms with Crippen LogP contribution in [0.15, 0.2) is 30.0 Å². The van der Waals surface area contributed by atoms with Gasteiger partial charge in [-0.1, -0.05) is 18.2 Å². The van der Waals surface area contributed by atoms with Crippen LogP contribution >= 0.6 is 12.2 Å². The number of carbonyl (C=O) groups is 1. The molecule has 0 radical (unpaired) electrons. The van der Waals surface area contributed by atoms with E-state index in [0.29, 0.717) is 10.8 Å². The van der Waals surface area contributed by atoms with Gasteiger partial charge in [-0.3, -0.25) is 10.1 Å². The Morgan fingerprint density at radius 3 is 2.65 bits per heavy atom. The van der Waals surface area contributed by atoms with Gasteiger partial charge in [0.05, 0.1) is 13.2 Å². The van der Waals surface area contributed by atoms with Crippen LogP contribution in [0.1, 0.15) is 5.56 Å². The Kier molecular flexibility index (Phi) is 3.66. The van der Waals surface area contributed by atoms with Gasteiger partial charge in [0.15, 0.2) is 5.11 Å². The molecule has 2 heterocycles. The topological polar surface area (TPSA) is 53.6 Å². The number of carbonyl (C=O) groups excluding carboxylic acids is 1. The second-order valence-corrected chi connectivity index (χ2v) is 5.03. The summed E-state index contributed by atoms with van der Waals surface area (Å²) in [5.41, 5.74) is 2.59. The molecule has 0 aromatic heterocycles. The average Bonchev–Trinajstić information content (AvgIpc) is 2.78. The normalized spacial score (nSPS) is 21.0. The molecule has 2 aliphatic rings. The molecule has 20 heavy (non-hydrogen) atoms. The van der Waals surface area contributed by atoms with Crippen molar-refractivity contribution in [2.45, 2.75) is 0 Å². The number of rotatable bonds is 2. The van der Waals surface area contributed by atoms with Crippen molar-refractivity contribution in [1.82, 2.24) is 10.6 Å². The maximum Gasteiger partial charge on any atom is 0.273 e. The van der Waals surface area contributed by atoms with Gasteiger partial charge in [0.1, 0.15) is 5.70 Å². The number of hydrogen-bond acceptors (Lipinski definition) is 4. The minimum atomic E-state index is -0.188. The van der Waals surface area contributed by atoms with Crippen LogP contribution < -0.4 is 15.5 Å². The molecule has 3 rings (SSSR count). The smallest absolute Gasteiger partial charge is 0.273 e. The van der Waals surface area contributed by atoms with Crippen LogP contribution in [-0.2, 0) is 9.53 Å². The number of benzene rings is 1. The van der Waals surface area contributed by atoms with Crippen LogP contribution in [0.2, 0.25) is 0 Å². The highest BCUT2D eigenvalue weighted by Crippen LogP contribution is 2.23. The second-order valence-electron chi connectivity index (χ2n) is 4.62. The Morgan fingerprint density at radius 2 is 1.95 bits per heavy atom. The van der Waals surface area contributed by atoms with Crippen molar-refractivity contribution >= 4 is 35.0 Å². The molecule has 0 bridgehead atoms. The van der Waals surface area contributed by atoms with Gasteiger partial charge in [0.25, 0.3) is 5.91 Å². The van der Waals surface area contributed by atoms with Gasteiger partial charge in [0, 0.05) is 24.3 Å². The van der Waals surface area contributed by atoms with Crippen LogP contribution in [-0.4, -0.2) is 37.3 Å². The van der Waals surface area contributed by atoms with E-state index in [-0.39, 0.29) is 5.91 Å². The lowest BCUT2D eigenvalue weighted by Crippen LogP contribution is -2.36. The first-order chi connectivity index (χ1) is 9.74. The van der Waals surface area contributed by atoms with Crippen LogP contribution in [0.5, 0.6) is 0 Å². The summed E-state index contributed by atoms with van der Waals surface area (Å²) in [6, 6.07) is 8.01. The van der Waals surface area contributed by atoms with Crippen LogP contribution in [0.3, 0.4) is 0 Å². The first kappa shape index (κ1) is 13.1. The van der Waals surface area contributed by atoms with E-state index in [9.17, 15) is 4.79 Å². The van der Waals surface area contributed by atoms with Crippen molar-refractivity contribution in [1.29, 1.82) is 0 Å². The van der Waals surface area contributed by atoms with Crippen molar-refractivity contribution < 1.29 is 9.53 Å². The Hall–Kier alpha value is -1.92.